The molecule has 27 heavy (non-hydrogen) atoms. The zero-order valence-corrected chi connectivity index (χ0v) is 17.0. The summed E-state index contributed by atoms with van der Waals surface area (Å²) < 4.78 is 0. The summed E-state index contributed by atoms with van der Waals surface area (Å²) in [6.07, 6.45) is 2.33. The van der Waals surface area contributed by atoms with Gasteiger partial charge < -0.3 is 4.90 Å². The van der Waals surface area contributed by atoms with Crippen LogP contribution in [0.3, 0.4) is 0 Å². The number of allylic oxidation sites excluding steroid dienone is 2. The van der Waals surface area contributed by atoms with Gasteiger partial charge in [-0.1, -0.05) is 73.5 Å². The van der Waals surface area contributed by atoms with Gasteiger partial charge in [-0.3, -0.25) is 0 Å². The predicted octanol–water partition coefficient (Wildman–Crippen LogP) is 7.71. The molecule has 3 rings (SSSR count). The van der Waals surface area contributed by atoms with E-state index in [1.807, 2.05) is 0 Å². The van der Waals surface area contributed by atoms with Gasteiger partial charge >= 0.3 is 0 Å². The van der Waals surface area contributed by atoms with Crippen LogP contribution in [0, 0.1) is 6.92 Å². The average molecular weight is 356 g/mol. The molecule has 0 N–H and O–H groups in total. The van der Waals surface area contributed by atoms with E-state index in [-0.39, 0.29) is 5.41 Å². The molecule has 0 heterocycles. The molecular formula is C26H29N. The van der Waals surface area contributed by atoms with Crippen LogP contribution >= 0.6 is 0 Å². The summed E-state index contributed by atoms with van der Waals surface area (Å²) in [4.78, 5) is 2.30. The van der Waals surface area contributed by atoms with Crippen molar-refractivity contribution in [3.05, 3.63) is 102 Å². The Morgan fingerprint density at radius 1 is 0.704 bits per heavy atom. The summed E-state index contributed by atoms with van der Waals surface area (Å²) in [6, 6.07) is 28.2. The van der Waals surface area contributed by atoms with E-state index in [9.17, 15) is 0 Å². The largest absolute Gasteiger partial charge is 0.311 e. The summed E-state index contributed by atoms with van der Waals surface area (Å²) >= 11 is 0. The summed E-state index contributed by atoms with van der Waals surface area (Å²) in [6.45, 7) is 11.0. The van der Waals surface area contributed by atoms with Gasteiger partial charge in [0.05, 0.1) is 0 Å². The molecule has 3 aromatic rings. The van der Waals surface area contributed by atoms with Crippen molar-refractivity contribution in [1.29, 1.82) is 0 Å². The Kier molecular flexibility index (Phi) is 5.51. The lowest BCUT2D eigenvalue weighted by Gasteiger charge is -2.27. The van der Waals surface area contributed by atoms with Gasteiger partial charge in [-0.25, -0.2) is 0 Å². The van der Waals surface area contributed by atoms with Crippen molar-refractivity contribution in [3.8, 4) is 0 Å². The molecule has 0 aliphatic heterocycles. The molecule has 3 aromatic carbocycles. The molecule has 0 aromatic heterocycles. The third kappa shape index (κ3) is 4.49. The van der Waals surface area contributed by atoms with Gasteiger partial charge in [0, 0.05) is 22.5 Å². The van der Waals surface area contributed by atoms with Gasteiger partial charge in [-0.2, -0.15) is 0 Å². The Morgan fingerprint density at radius 3 is 1.70 bits per heavy atom. The van der Waals surface area contributed by atoms with E-state index < -0.39 is 0 Å². The van der Waals surface area contributed by atoms with E-state index in [2.05, 4.69) is 124 Å². The number of para-hydroxylation sites is 1. The van der Waals surface area contributed by atoms with Crippen molar-refractivity contribution < 1.29 is 0 Å². The standard InChI is InChI=1S/C26H29N/c1-20(2)19-26(4,5)22-13-17-25(18-14-22)27(23-9-7-6-8-10-23)24-15-11-21(3)12-16-24/h6-19H,1-5H3. The van der Waals surface area contributed by atoms with Crippen LogP contribution in [0.2, 0.25) is 0 Å². The highest BCUT2D eigenvalue weighted by Crippen LogP contribution is 2.36. The molecule has 0 saturated heterocycles. The van der Waals surface area contributed by atoms with Gasteiger partial charge in [-0.05, 0) is 62.7 Å². The first-order chi connectivity index (χ1) is 12.9. The summed E-state index contributed by atoms with van der Waals surface area (Å²) in [5.74, 6) is 0. The van der Waals surface area contributed by atoms with Crippen LogP contribution < -0.4 is 4.90 Å². The maximum absolute atomic E-state index is 2.33. The van der Waals surface area contributed by atoms with Crippen LogP contribution in [0.15, 0.2) is 90.5 Å². The van der Waals surface area contributed by atoms with Crippen LogP contribution in [-0.4, -0.2) is 0 Å². The fraction of sp³-hybridized carbons (Fsp3) is 0.231. The van der Waals surface area contributed by atoms with Crippen LogP contribution in [0.1, 0.15) is 38.8 Å². The van der Waals surface area contributed by atoms with Crippen molar-refractivity contribution in [2.75, 3.05) is 4.90 Å². The van der Waals surface area contributed by atoms with E-state index in [1.54, 1.807) is 0 Å². The van der Waals surface area contributed by atoms with Crippen LogP contribution in [0.4, 0.5) is 17.1 Å². The van der Waals surface area contributed by atoms with E-state index >= 15 is 0 Å². The molecule has 0 unspecified atom stereocenters. The lowest BCUT2D eigenvalue weighted by Crippen LogP contribution is -2.15. The zero-order chi connectivity index (χ0) is 19.4. The molecule has 0 fully saturated rings. The van der Waals surface area contributed by atoms with E-state index in [0.717, 1.165) is 5.69 Å². The van der Waals surface area contributed by atoms with Crippen molar-refractivity contribution in [2.45, 2.75) is 40.0 Å². The van der Waals surface area contributed by atoms with Crippen LogP contribution in [0.5, 0.6) is 0 Å². The van der Waals surface area contributed by atoms with Gasteiger partial charge in [-0.15, -0.1) is 0 Å². The SMILES string of the molecule is CC(C)=CC(C)(C)c1ccc(N(c2ccccc2)c2ccc(C)cc2)cc1. The van der Waals surface area contributed by atoms with Crippen LogP contribution in [-0.2, 0) is 5.41 Å². The van der Waals surface area contributed by atoms with E-state index in [4.69, 9.17) is 0 Å². The first-order valence-corrected chi connectivity index (χ1v) is 9.55. The highest BCUT2D eigenvalue weighted by atomic mass is 15.1. The minimum Gasteiger partial charge on any atom is -0.311 e. The monoisotopic (exact) mass is 355 g/mol. The normalized spacial score (nSPS) is 11.1. The average Bonchev–Trinajstić information content (AvgIpc) is 2.64. The fourth-order valence-corrected chi connectivity index (χ4v) is 3.56. The number of hydrogen-bond acceptors (Lipinski definition) is 1. The summed E-state index contributed by atoms with van der Waals surface area (Å²) in [7, 11) is 0. The van der Waals surface area contributed by atoms with Gasteiger partial charge in [0.25, 0.3) is 0 Å². The quantitative estimate of drug-likeness (QED) is 0.424. The maximum Gasteiger partial charge on any atom is 0.0461 e. The van der Waals surface area contributed by atoms with Crippen LogP contribution in [0.25, 0.3) is 0 Å². The smallest absolute Gasteiger partial charge is 0.0461 e. The van der Waals surface area contributed by atoms with Crippen molar-refractivity contribution in [1.82, 2.24) is 0 Å². The number of aryl methyl sites for hydroxylation is 1. The third-order valence-corrected chi connectivity index (χ3v) is 4.83. The van der Waals surface area contributed by atoms with E-state index in [0.29, 0.717) is 0 Å². The molecule has 1 nitrogen and oxygen atoms in total. The van der Waals surface area contributed by atoms with Crippen molar-refractivity contribution in [3.63, 3.8) is 0 Å². The Morgan fingerprint density at radius 2 is 1.19 bits per heavy atom. The Balaban J connectivity index is 2.03. The first kappa shape index (κ1) is 19.0. The molecule has 0 radical (unpaired) electrons. The fourth-order valence-electron chi connectivity index (χ4n) is 3.56. The first-order valence-electron chi connectivity index (χ1n) is 9.55. The highest BCUT2D eigenvalue weighted by molar-refractivity contribution is 5.76. The number of nitrogens with zero attached hydrogens (tertiary/aromatic N) is 1. The number of rotatable bonds is 5. The molecule has 0 amide bonds. The summed E-state index contributed by atoms with van der Waals surface area (Å²) in [5.41, 5.74) is 7.46. The predicted molar refractivity (Wildman–Crippen MR) is 118 cm³/mol. The Bertz CT molecular complexity index is 897. The molecule has 0 atom stereocenters. The van der Waals surface area contributed by atoms with Gasteiger partial charge in [0.2, 0.25) is 0 Å². The second-order valence-corrected chi connectivity index (χ2v) is 8.00. The Labute approximate surface area is 164 Å². The molecule has 1 heteroatoms. The zero-order valence-electron chi connectivity index (χ0n) is 17.0. The minimum absolute atomic E-state index is 0.0266. The molecule has 0 bridgehead atoms. The molecule has 0 spiro atoms. The second-order valence-electron chi connectivity index (χ2n) is 8.00. The molecule has 0 saturated carbocycles. The molecule has 0 aliphatic carbocycles. The van der Waals surface area contributed by atoms with Crippen molar-refractivity contribution in [2.24, 2.45) is 0 Å². The topological polar surface area (TPSA) is 3.24 Å². The Hall–Kier alpha value is -2.80. The lowest BCUT2D eigenvalue weighted by molar-refractivity contribution is 0.664. The van der Waals surface area contributed by atoms with E-state index in [1.165, 1.54) is 28.1 Å². The second kappa shape index (κ2) is 7.84. The maximum atomic E-state index is 2.33. The van der Waals surface area contributed by atoms with Gasteiger partial charge in [0.1, 0.15) is 0 Å². The molecular weight excluding hydrogens is 326 g/mol. The number of anilines is 3. The molecule has 138 valence electrons. The lowest BCUT2D eigenvalue weighted by atomic mass is 9.83. The van der Waals surface area contributed by atoms with Crippen molar-refractivity contribution >= 4 is 17.1 Å². The minimum atomic E-state index is 0.0266. The number of hydrogen-bond donors (Lipinski definition) is 0. The third-order valence-electron chi connectivity index (χ3n) is 4.83. The van der Waals surface area contributed by atoms with Gasteiger partial charge in [0.15, 0.2) is 0 Å². The number of benzene rings is 3. The highest BCUT2D eigenvalue weighted by Gasteiger charge is 2.18. The summed E-state index contributed by atoms with van der Waals surface area (Å²) in [5, 5.41) is 0. The molecule has 0 aliphatic rings.